The fourth-order valence-electron chi connectivity index (χ4n) is 1.34. The van der Waals surface area contributed by atoms with Crippen molar-refractivity contribution in [2.75, 3.05) is 0 Å². The van der Waals surface area contributed by atoms with Gasteiger partial charge in [-0.2, -0.15) is 0 Å². The molecule has 0 aromatic heterocycles. The largest absolute Gasteiger partial charge is 0.368 e. The van der Waals surface area contributed by atoms with Crippen molar-refractivity contribution in [2.45, 2.75) is 59.0 Å². The topological polar surface area (TPSA) is 55.1 Å². The molecule has 0 aliphatic carbocycles. The van der Waals surface area contributed by atoms with Gasteiger partial charge in [-0.05, 0) is 39.5 Å². The Labute approximate surface area is 87.4 Å². The van der Waals surface area contributed by atoms with Crippen molar-refractivity contribution in [1.82, 2.24) is 5.32 Å². The van der Waals surface area contributed by atoms with Crippen molar-refractivity contribution < 1.29 is 4.79 Å². The van der Waals surface area contributed by atoms with E-state index in [-0.39, 0.29) is 5.91 Å². The zero-order valence-electron chi connectivity index (χ0n) is 10.1. The Morgan fingerprint density at radius 1 is 1.29 bits per heavy atom. The van der Waals surface area contributed by atoms with Gasteiger partial charge in [-0.15, -0.1) is 0 Å². The minimum absolute atomic E-state index is 0.297. The van der Waals surface area contributed by atoms with Gasteiger partial charge in [-0.1, -0.05) is 13.8 Å². The molecule has 3 N–H and O–H groups in total. The number of hydrogen-bond acceptors (Lipinski definition) is 2. The SMILES string of the molecule is CC(C)CCC(C)NC(C)(C)C(N)=O. The van der Waals surface area contributed by atoms with Crippen LogP contribution in [0.5, 0.6) is 0 Å². The standard InChI is InChI=1S/C11H24N2O/c1-8(2)6-7-9(3)13-11(4,5)10(12)14/h8-9,13H,6-7H2,1-5H3,(H2,12,14). The summed E-state index contributed by atoms with van der Waals surface area (Å²) in [5, 5.41) is 3.24. The second-order valence-corrected chi connectivity index (χ2v) is 5.01. The molecule has 0 rings (SSSR count). The van der Waals surface area contributed by atoms with E-state index in [1.807, 2.05) is 13.8 Å². The Kier molecular flexibility index (Phi) is 5.13. The number of primary amides is 1. The molecule has 0 radical (unpaired) electrons. The molecule has 0 aliphatic heterocycles. The van der Waals surface area contributed by atoms with E-state index in [1.165, 1.54) is 6.42 Å². The lowest BCUT2D eigenvalue weighted by atomic mass is 9.99. The van der Waals surface area contributed by atoms with Gasteiger partial charge in [0.05, 0.1) is 5.54 Å². The predicted molar refractivity (Wildman–Crippen MR) is 59.9 cm³/mol. The Hall–Kier alpha value is -0.570. The number of hydrogen-bond donors (Lipinski definition) is 2. The number of nitrogens with one attached hydrogen (secondary N) is 1. The van der Waals surface area contributed by atoms with E-state index < -0.39 is 5.54 Å². The maximum absolute atomic E-state index is 11.1. The van der Waals surface area contributed by atoms with Crippen LogP contribution in [0.25, 0.3) is 0 Å². The highest BCUT2D eigenvalue weighted by atomic mass is 16.1. The van der Waals surface area contributed by atoms with Crippen LogP contribution < -0.4 is 11.1 Å². The van der Waals surface area contributed by atoms with Crippen LogP contribution in [-0.4, -0.2) is 17.5 Å². The van der Waals surface area contributed by atoms with Gasteiger partial charge in [0.1, 0.15) is 0 Å². The van der Waals surface area contributed by atoms with Crippen LogP contribution in [-0.2, 0) is 4.79 Å². The molecule has 0 aromatic carbocycles. The van der Waals surface area contributed by atoms with E-state index in [0.717, 1.165) is 6.42 Å². The summed E-state index contributed by atoms with van der Waals surface area (Å²) in [6.07, 6.45) is 2.25. The Morgan fingerprint density at radius 3 is 2.14 bits per heavy atom. The Morgan fingerprint density at radius 2 is 1.79 bits per heavy atom. The van der Waals surface area contributed by atoms with Crippen molar-refractivity contribution in [3.8, 4) is 0 Å². The molecule has 14 heavy (non-hydrogen) atoms. The molecule has 1 amide bonds. The predicted octanol–water partition coefficient (Wildman–Crippen LogP) is 1.66. The van der Waals surface area contributed by atoms with Gasteiger partial charge in [0.25, 0.3) is 0 Å². The number of amides is 1. The molecular weight excluding hydrogens is 176 g/mol. The third-order valence-corrected chi connectivity index (χ3v) is 2.40. The van der Waals surface area contributed by atoms with Crippen LogP contribution in [0.2, 0.25) is 0 Å². The summed E-state index contributed by atoms with van der Waals surface area (Å²) in [6.45, 7) is 10.1. The molecule has 3 nitrogen and oxygen atoms in total. The summed E-state index contributed by atoms with van der Waals surface area (Å²) in [5.41, 5.74) is 4.67. The van der Waals surface area contributed by atoms with Gasteiger partial charge in [-0.25, -0.2) is 0 Å². The highest BCUT2D eigenvalue weighted by Gasteiger charge is 2.25. The third-order valence-electron chi connectivity index (χ3n) is 2.40. The van der Waals surface area contributed by atoms with Crippen molar-refractivity contribution in [3.63, 3.8) is 0 Å². The number of rotatable bonds is 6. The van der Waals surface area contributed by atoms with Gasteiger partial charge in [0.15, 0.2) is 0 Å². The normalized spacial score (nSPS) is 14.4. The molecule has 0 saturated carbocycles. The minimum Gasteiger partial charge on any atom is -0.368 e. The van der Waals surface area contributed by atoms with Crippen molar-refractivity contribution in [2.24, 2.45) is 11.7 Å². The molecule has 0 aromatic rings. The van der Waals surface area contributed by atoms with Crippen LogP contribution in [0.1, 0.15) is 47.5 Å². The summed E-state index contributed by atoms with van der Waals surface area (Å²) in [7, 11) is 0. The smallest absolute Gasteiger partial charge is 0.237 e. The summed E-state index contributed by atoms with van der Waals surface area (Å²) in [5.74, 6) is 0.407. The average molecular weight is 200 g/mol. The first-order chi connectivity index (χ1) is 6.25. The van der Waals surface area contributed by atoms with Gasteiger partial charge in [0, 0.05) is 6.04 Å². The lowest BCUT2D eigenvalue weighted by molar-refractivity contribution is -0.123. The summed E-state index contributed by atoms with van der Waals surface area (Å²) in [6, 6.07) is 0.333. The monoisotopic (exact) mass is 200 g/mol. The zero-order valence-corrected chi connectivity index (χ0v) is 10.1. The van der Waals surface area contributed by atoms with Gasteiger partial charge in [-0.3, -0.25) is 4.79 Å². The fraction of sp³-hybridized carbons (Fsp3) is 0.909. The summed E-state index contributed by atoms with van der Waals surface area (Å²) in [4.78, 5) is 11.1. The minimum atomic E-state index is -0.601. The lowest BCUT2D eigenvalue weighted by Gasteiger charge is -2.27. The molecule has 1 atom stereocenters. The van der Waals surface area contributed by atoms with E-state index in [9.17, 15) is 4.79 Å². The maximum Gasteiger partial charge on any atom is 0.237 e. The quantitative estimate of drug-likeness (QED) is 0.685. The van der Waals surface area contributed by atoms with Crippen LogP contribution in [0, 0.1) is 5.92 Å². The highest BCUT2D eigenvalue weighted by Crippen LogP contribution is 2.10. The summed E-state index contributed by atoms with van der Waals surface area (Å²) >= 11 is 0. The van der Waals surface area contributed by atoms with Crippen LogP contribution in [0.4, 0.5) is 0 Å². The molecule has 84 valence electrons. The van der Waals surface area contributed by atoms with E-state index >= 15 is 0 Å². The molecule has 0 saturated heterocycles. The first kappa shape index (κ1) is 13.4. The molecule has 1 unspecified atom stereocenters. The van der Waals surface area contributed by atoms with Crippen LogP contribution >= 0.6 is 0 Å². The summed E-state index contributed by atoms with van der Waals surface area (Å²) < 4.78 is 0. The first-order valence-corrected chi connectivity index (χ1v) is 5.33. The zero-order chi connectivity index (χ0) is 11.4. The second-order valence-electron chi connectivity index (χ2n) is 5.01. The molecule has 0 heterocycles. The van der Waals surface area contributed by atoms with Crippen molar-refractivity contribution >= 4 is 5.91 Å². The maximum atomic E-state index is 11.1. The molecular formula is C11H24N2O. The Balaban J connectivity index is 3.93. The third kappa shape index (κ3) is 5.22. The van der Waals surface area contributed by atoms with Crippen molar-refractivity contribution in [1.29, 1.82) is 0 Å². The molecule has 0 aliphatic rings. The van der Waals surface area contributed by atoms with Gasteiger partial charge >= 0.3 is 0 Å². The van der Waals surface area contributed by atoms with Gasteiger partial charge < -0.3 is 11.1 Å². The number of carbonyl (C=O) groups excluding carboxylic acids is 1. The number of carbonyl (C=O) groups is 1. The second kappa shape index (κ2) is 5.35. The van der Waals surface area contributed by atoms with E-state index in [2.05, 4.69) is 26.1 Å². The van der Waals surface area contributed by atoms with Crippen LogP contribution in [0.3, 0.4) is 0 Å². The van der Waals surface area contributed by atoms with Crippen LogP contribution in [0.15, 0.2) is 0 Å². The molecule has 0 fully saturated rings. The van der Waals surface area contributed by atoms with Gasteiger partial charge in [0.2, 0.25) is 5.91 Å². The van der Waals surface area contributed by atoms with E-state index in [1.54, 1.807) is 0 Å². The molecule has 0 spiro atoms. The fourth-order valence-corrected chi connectivity index (χ4v) is 1.34. The van der Waals surface area contributed by atoms with E-state index in [0.29, 0.717) is 12.0 Å². The average Bonchev–Trinajstić information content (AvgIpc) is 1.99. The molecule has 3 heteroatoms. The first-order valence-electron chi connectivity index (χ1n) is 5.33. The van der Waals surface area contributed by atoms with Crippen molar-refractivity contribution in [3.05, 3.63) is 0 Å². The van der Waals surface area contributed by atoms with E-state index in [4.69, 9.17) is 5.73 Å². The number of nitrogens with two attached hydrogens (primary N) is 1. The highest BCUT2D eigenvalue weighted by molar-refractivity contribution is 5.83. The Bertz CT molecular complexity index is 188. The lowest BCUT2D eigenvalue weighted by Crippen LogP contribution is -2.53. The molecule has 0 bridgehead atoms.